The summed E-state index contributed by atoms with van der Waals surface area (Å²) in [5.74, 6) is 0.625. The van der Waals surface area contributed by atoms with E-state index in [4.69, 9.17) is 5.73 Å². The number of rotatable bonds is 23. The van der Waals surface area contributed by atoms with E-state index < -0.39 is 0 Å². The second-order valence-corrected chi connectivity index (χ2v) is 9.79. The molecule has 0 aliphatic carbocycles. The van der Waals surface area contributed by atoms with E-state index in [0.29, 0.717) is 5.92 Å². The third-order valence-electron chi connectivity index (χ3n) is 6.72. The van der Waals surface area contributed by atoms with Crippen molar-refractivity contribution in [3.05, 3.63) is 35.9 Å². The summed E-state index contributed by atoms with van der Waals surface area (Å²) < 4.78 is 0. The molecule has 1 aromatic rings. The van der Waals surface area contributed by atoms with Crippen molar-refractivity contribution in [2.45, 2.75) is 122 Å². The molecule has 3 nitrogen and oxygen atoms in total. The number of nitrogens with two attached hydrogens (primary N) is 1. The fraction of sp³-hybridized carbons (Fsp3) is 0.793. The number of unbranched alkanes of at least 4 members (excludes halogenated alkanes) is 10. The first kappa shape index (κ1) is 29.1. The molecule has 186 valence electrons. The summed E-state index contributed by atoms with van der Waals surface area (Å²) in [5.41, 5.74) is 7.04. The zero-order valence-electron chi connectivity index (χ0n) is 21.2. The Labute approximate surface area is 200 Å². The zero-order valence-corrected chi connectivity index (χ0v) is 21.2. The molecule has 4 N–H and O–H groups in total. The van der Waals surface area contributed by atoms with Crippen LogP contribution in [-0.4, -0.2) is 30.8 Å². The molecule has 0 bridgehead atoms. The minimum absolute atomic E-state index is 0.128. The Morgan fingerprint density at radius 2 is 1.38 bits per heavy atom. The molecule has 0 aliphatic heterocycles. The summed E-state index contributed by atoms with van der Waals surface area (Å²) >= 11 is 0. The van der Waals surface area contributed by atoms with Crippen LogP contribution in [0.5, 0.6) is 0 Å². The molecule has 2 unspecified atom stereocenters. The Kier molecular flexibility index (Phi) is 20.0. The van der Waals surface area contributed by atoms with Gasteiger partial charge in [0.25, 0.3) is 0 Å². The predicted octanol–water partition coefficient (Wildman–Crippen LogP) is 7.02. The molecule has 0 radical (unpaired) electrons. The number of aliphatic hydroxyl groups is 1. The maximum Gasteiger partial charge on any atom is 0.0540 e. The molecular weight excluding hydrogens is 392 g/mol. The Hall–Kier alpha value is -0.900. The van der Waals surface area contributed by atoms with Crippen LogP contribution in [0.25, 0.3) is 0 Å². The molecule has 3 heteroatoms. The van der Waals surface area contributed by atoms with E-state index in [1.807, 2.05) is 0 Å². The van der Waals surface area contributed by atoms with Crippen molar-refractivity contribution >= 4 is 0 Å². The van der Waals surface area contributed by atoms with Crippen LogP contribution in [0.15, 0.2) is 30.3 Å². The highest BCUT2D eigenvalue weighted by Crippen LogP contribution is 2.19. The van der Waals surface area contributed by atoms with Crippen molar-refractivity contribution in [2.24, 2.45) is 11.7 Å². The number of nitrogens with one attached hydrogen (secondary N) is 1. The van der Waals surface area contributed by atoms with Crippen LogP contribution < -0.4 is 11.1 Å². The third kappa shape index (κ3) is 17.6. The Morgan fingerprint density at radius 1 is 0.750 bits per heavy atom. The van der Waals surface area contributed by atoms with Gasteiger partial charge in [0.15, 0.2) is 0 Å². The smallest absolute Gasteiger partial charge is 0.0540 e. The van der Waals surface area contributed by atoms with Crippen molar-refractivity contribution in [1.82, 2.24) is 5.32 Å². The van der Waals surface area contributed by atoms with Crippen LogP contribution >= 0.6 is 0 Å². The average Bonchev–Trinajstić information content (AvgIpc) is 2.82. The van der Waals surface area contributed by atoms with E-state index in [1.54, 1.807) is 0 Å². The molecule has 1 aromatic carbocycles. The lowest BCUT2D eigenvalue weighted by molar-refractivity contribution is 0.140. The number of hydrogen-bond acceptors (Lipinski definition) is 3. The number of aliphatic hydroxyl groups excluding tert-OH is 1. The van der Waals surface area contributed by atoms with Gasteiger partial charge >= 0.3 is 0 Å². The van der Waals surface area contributed by atoms with E-state index >= 15 is 0 Å². The average molecular weight is 447 g/mol. The quantitative estimate of drug-likeness (QED) is 0.158. The molecule has 32 heavy (non-hydrogen) atoms. The van der Waals surface area contributed by atoms with Gasteiger partial charge in [-0.15, -0.1) is 0 Å². The molecular formula is C29H54N2O. The molecule has 0 aliphatic rings. The van der Waals surface area contributed by atoms with Crippen LogP contribution in [0.2, 0.25) is 0 Å². The van der Waals surface area contributed by atoms with Gasteiger partial charge in [0, 0.05) is 0 Å². The van der Waals surface area contributed by atoms with Gasteiger partial charge in [0.2, 0.25) is 0 Å². The monoisotopic (exact) mass is 446 g/mol. The maximum absolute atomic E-state index is 10.5. The summed E-state index contributed by atoms with van der Waals surface area (Å²) in [6.07, 6.45) is 21.2. The van der Waals surface area contributed by atoms with Crippen LogP contribution in [0.4, 0.5) is 0 Å². The van der Waals surface area contributed by atoms with Crippen molar-refractivity contribution in [2.75, 3.05) is 19.6 Å². The van der Waals surface area contributed by atoms with Crippen LogP contribution in [0.3, 0.4) is 0 Å². The van der Waals surface area contributed by atoms with E-state index in [1.165, 1.54) is 82.6 Å². The second kappa shape index (κ2) is 21.9. The lowest BCUT2D eigenvalue weighted by Gasteiger charge is -2.20. The molecule has 1 rings (SSSR count). The molecule has 0 aromatic heterocycles. The van der Waals surface area contributed by atoms with E-state index in [0.717, 1.165) is 51.7 Å². The number of aryl methyl sites for hydroxylation is 1. The summed E-state index contributed by atoms with van der Waals surface area (Å²) in [6.45, 7) is 5.07. The highest BCUT2D eigenvalue weighted by Gasteiger charge is 2.12. The first-order valence-corrected chi connectivity index (χ1v) is 13.9. The predicted molar refractivity (Wildman–Crippen MR) is 141 cm³/mol. The third-order valence-corrected chi connectivity index (χ3v) is 6.72. The van der Waals surface area contributed by atoms with Gasteiger partial charge in [-0.2, -0.15) is 0 Å². The van der Waals surface area contributed by atoms with Crippen LogP contribution in [0, 0.1) is 5.92 Å². The Bertz CT molecular complexity index is 493. The molecule has 0 heterocycles. The standard InChI is InChI=1S/C29H54N2O/c1-2-3-4-5-6-7-8-9-10-11-15-19-29(32)23-22-28(26-31-25-16-24-30)21-20-27-17-13-12-14-18-27/h12-14,17-18,28-29,31-32H,2-11,15-16,19-26,30H2,1H3. The summed E-state index contributed by atoms with van der Waals surface area (Å²) in [5, 5.41) is 14.1. The highest BCUT2D eigenvalue weighted by atomic mass is 16.3. The lowest BCUT2D eigenvalue weighted by Crippen LogP contribution is -2.26. The van der Waals surface area contributed by atoms with E-state index in [9.17, 15) is 5.11 Å². The Balaban J connectivity index is 2.10. The molecule has 0 amide bonds. The van der Waals surface area contributed by atoms with Gasteiger partial charge < -0.3 is 16.2 Å². The number of hydrogen-bond donors (Lipinski definition) is 3. The summed E-state index contributed by atoms with van der Waals surface area (Å²) in [7, 11) is 0. The first-order valence-electron chi connectivity index (χ1n) is 13.9. The minimum Gasteiger partial charge on any atom is -0.393 e. The van der Waals surface area contributed by atoms with Gasteiger partial charge in [-0.25, -0.2) is 0 Å². The largest absolute Gasteiger partial charge is 0.393 e. The summed E-state index contributed by atoms with van der Waals surface area (Å²) in [4.78, 5) is 0. The molecule has 0 saturated carbocycles. The SMILES string of the molecule is CCCCCCCCCCCCCC(O)CCC(CCc1ccccc1)CNCCCN. The fourth-order valence-corrected chi connectivity index (χ4v) is 4.51. The molecule has 0 fully saturated rings. The minimum atomic E-state index is -0.128. The second-order valence-electron chi connectivity index (χ2n) is 9.79. The van der Waals surface area contributed by atoms with E-state index in [-0.39, 0.29) is 6.10 Å². The van der Waals surface area contributed by atoms with E-state index in [2.05, 4.69) is 42.6 Å². The van der Waals surface area contributed by atoms with Crippen molar-refractivity contribution in [3.63, 3.8) is 0 Å². The Morgan fingerprint density at radius 3 is 2.00 bits per heavy atom. The molecule has 0 spiro atoms. The van der Waals surface area contributed by atoms with Crippen LogP contribution in [0.1, 0.15) is 115 Å². The highest BCUT2D eigenvalue weighted by molar-refractivity contribution is 5.14. The van der Waals surface area contributed by atoms with Crippen LogP contribution in [-0.2, 0) is 6.42 Å². The first-order chi connectivity index (χ1) is 15.8. The normalized spacial score (nSPS) is 13.3. The maximum atomic E-state index is 10.5. The van der Waals surface area contributed by atoms with Gasteiger partial charge in [0.1, 0.15) is 0 Å². The van der Waals surface area contributed by atoms with Gasteiger partial charge in [0.05, 0.1) is 6.10 Å². The van der Waals surface area contributed by atoms with Crippen molar-refractivity contribution in [1.29, 1.82) is 0 Å². The molecule has 0 saturated heterocycles. The van der Waals surface area contributed by atoms with Gasteiger partial charge in [-0.05, 0) is 69.6 Å². The van der Waals surface area contributed by atoms with Crippen molar-refractivity contribution in [3.8, 4) is 0 Å². The topological polar surface area (TPSA) is 58.3 Å². The summed E-state index contributed by atoms with van der Waals surface area (Å²) in [6, 6.07) is 10.8. The lowest BCUT2D eigenvalue weighted by atomic mass is 9.92. The number of benzene rings is 1. The van der Waals surface area contributed by atoms with Gasteiger partial charge in [-0.3, -0.25) is 0 Å². The van der Waals surface area contributed by atoms with Gasteiger partial charge in [-0.1, -0.05) is 108 Å². The molecule has 2 atom stereocenters. The van der Waals surface area contributed by atoms with Crippen molar-refractivity contribution < 1.29 is 5.11 Å². The zero-order chi connectivity index (χ0) is 23.1. The fourth-order valence-electron chi connectivity index (χ4n) is 4.51.